The van der Waals surface area contributed by atoms with Crippen molar-refractivity contribution in [2.75, 3.05) is 14.2 Å². The standard InChI is InChI=1S/C27H21N3O2/c1-31-21-12-8-18(9-13-21)25-23-16-28-29-17-24(23)26(20-10-14-22(32-2)15-11-20)30-27(25)19-6-4-3-5-7-19/h3-17H,1-2H3. The van der Waals surface area contributed by atoms with E-state index in [-0.39, 0.29) is 0 Å². The van der Waals surface area contributed by atoms with E-state index in [4.69, 9.17) is 14.5 Å². The maximum atomic E-state index is 5.36. The number of methoxy groups -OCH3 is 2. The molecule has 5 heteroatoms. The molecule has 5 nitrogen and oxygen atoms in total. The van der Waals surface area contributed by atoms with E-state index in [0.29, 0.717) is 0 Å². The van der Waals surface area contributed by atoms with Gasteiger partial charge < -0.3 is 9.47 Å². The van der Waals surface area contributed by atoms with E-state index in [0.717, 1.165) is 55.9 Å². The zero-order valence-corrected chi connectivity index (χ0v) is 17.8. The third-order valence-electron chi connectivity index (χ3n) is 5.50. The minimum Gasteiger partial charge on any atom is -0.497 e. The summed E-state index contributed by atoms with van der Waals surface area (Å²) in [5, 5.41) is 10.3. The summed E-state index contributed by atoms with van der Waals surface area (Å²) in [6.45, 7) is 0. The number of aromatic nitrogens is 3. The molecule has 0 unspecified atom stereocenters. The molecule has 0 radical (unpaired) electrons. The van der Waals surface area contributed by atoms with Crippen LogP contribution >= 0.6 is 0 Å². The van der Waals surface area contributed by atoms with Gasteiger partial charge in [-0.15, -0.1) is 0 Å². The minimum atomic E-state index is 0.802. The highest BCUT2D eigenvalue weighted by Gasteiger charge is 2.18. The molecule has 2 heterocycles. The van der Waals surface area contributed by atoms with Crippen LogP contribution in [0.2, 0.25) is 0 Å². The van der Waals surface area contributed by atoms with E-state index < -0.39 is 0 Å². The molecular weight excluding hydrogens is 398 g/mol. The van der Waals surface area contributed by atoms with Crippen molar-refractivity contribution >= 4 is 10.8 Å². The largest absolute Gasteiger partial charge is 0.497 e. The van der Waals surface area contributed by atoms with Crippen molar-refractivity contribution in [1.82, 2.24) is 15.2 Å². The van der Waals surface area contributed by atoms with Gasteiger partial charge >= 0.3 is 0 Å². The number of rotatable bonds is 5. The highest BCUT2D eigenvalue weighted by molar-refractivity contribution is 6.07. The summed E-state index contributed by atoms with van der Waals surface area (Å²) in [5.41, 5.74) is 5.82. The van der Waals surface area contributed by atoms with Crippen LogP contribution in [0.3, 0.4) is 0 Å². The summed E-state index contributed by atoms with van der Waals surface area (Å²) in [7, 11) is 3.33. The van der Waals surface area contributed by atoms with Gasteiger partial charge in [0.15, 0.2) is 0 Å². The van der Waals surface area contributed by atoms with E-state index in [1.165, 1.54) is 0 Å². The fraction of sp³-hybridized carbons (Fsp3) is 0.0741. The van der Waals surface area contributed by atoms with Gasteiger partial charge in [-0.3, -0.25) is 0 Å². The number of pyridine rings is 1. The summed E-state index contributed by atoms with van der Waals surface area (Å²) >= 11 is 0. The van der Waals surface area contributed by atoms with Crippen LogP contribution in [0, 0.1) is 0 Å². The van der Waals surface area contributed by atoms with Crippen LogP contribution < -0.4 is 9.47 Å². The third-order valence-corrected chi connectivity index (χ3v) is 5.50. The van der Waals surface area contributed by atoms with Gasteiger partial charge in [-0.05, 0) is 42.0 Å². The lowest BCUT2D eigenvalue weighted by molar-refractivity contribution is 0.415. The van der Waals surface area contributed by atoms with Crippen LogP contribution in [0.1, 0.15) is 0 Å². The van der Waals surface area contributed by atoms with Crippen molar-refractivity contribution in [3.05, 3.63) is 91.3 Å². The van der Waals surface area contributed by atoms with Gasteiger partial charge in [-0.1, -0.05) is 42.5 Å². The van der Waals surface area contributed by atoms with Crippen molar-refractivity contribution in [2.24, 2.45) is 0 Å². The minimum absolute atomic E-state index is 0.802. The van der Waals surface area contributed by atoms with E-state index in [9.17, 15) is 0 Å². The van der Waals surface area contributed by atoms with Crippen molar-refractivity contribution in [3.63, 3.8) is 0 Å². The molecule has 0 aliphatic carbocycles. The second-order valence-electron chi connectivity index (χ2n) is 7.32. The Balaban J connectivity index is 1.84. The van der Waals surface area contributed by atoms with Gasteiger partial charge in [0.1, 0.15) is 11.5 Å². The van der Waals surface area contributed by atoms with E-state index >= 15 is 0 Å². The number of ether oxygens (including phenoxy) is 2. The average Bonchev–Trinajstić information content (AvgIpc) is 2.88. The van der Waals surface area contributed by atoms with Crippen molar-refractivity contribution in [1.29, 1.82) is 0 Å². The van der Waals surface area contributed by atoms with Crippen LogP contribution in [-0.2, 0) is 0 Å². The highest BCUT2D eigenvalue weighted by atomic mass is 16.5. The monoisotopic (exact) mass is 419 g/mol. The van der Waals surface area contributed by atoms with Crippen LogP contribution in [0.15, 0.2) is 91.3 Å². The number of nitrogens with zero attached hydrogens (tertiary/aromatic N) is 3. The first kappa shape index (κ1) is 19.7. The molecule has 0 fully saturated rings. The number of hydrogen-bond donors (Lipinski definition) is 0. The summed E-state index contributed by atoms with van der Waals surface area (Å²) in [6.07, 6.45) is 3.60. The smallest absolute Gasteiger partial charge is 0.118 e. The quantitative estimate of drug-likeness (QED) is 0.347. The van der Waals surface area contributed by atoms with Gasteiger partial charge in [0, 0.05) is 27.5 Å². The Bertz CT molecular complexity index is 1370. The van der Waals surface area contributed by atoms with Gasteiger partial charge in [0.2, 0.25) is 0 Å². The molecule has 0 N–H and O–H groups in total. The predicted octanol–water partition coefficient (Wildman–Crippen LogP) is 6.04. The van der Waals surface area contributed by atoms with Gasteiger partial charge in [-0.2, -0.15) is 10.2 Å². The first-order chi connectivity index (χ1) is 15.8. The number of benzene rings is 3. The average molecular weight is 419 g/mol. The van der Waals surface area contributed by atoms with Gasteiger partial charge in [0.05, 0.1) is 38.0 Å². The lowest BCUT2D eigenvalue weighted by Crippen LogP contribution is -1.97. The first-order valence-corrected chi connectivity index (χ1v) is 10.3. The molecule has 5 rings (SSSR count). The van der Waals surface area contributed by atoms with Crippen LogP contribution in [-0.4, -0.2) is 29.4 Å². The van der Waals surface area contributed by atoms with Crippen molar-refractivity contribution < 1.29 is 9.47 Å². The molecule has 0 aliphatic rings. The molecule has 3 aromatic carbocycles. The Kier molecular flexibility index (Phi) is 5.22. The van der Waals surface area contributed by atoms with E-state index in [1.54, 1.807) is 20.4 Å². The molecule has 0 spiro atoms. The molecule has 156 valence electrons. The van der Waals surface area contributed by atoms with E-state index in [2.05, 4.69) is 34.5 Å². The lowest BCUT2D eigenvalue weighted by atomic mass is 9.93. The Morgan fingerprint density at radius 2 is 1.06 bits per heavy atom. The zero-order valence-electron chi connectivity index (χ0n) is 17.8. The van der Waals surface area contributed by atoms with Crippen LogP contribution in [0.25, 0.3) is 44.4 Å². The maximum Gasteiger partial charge on any atom is 0.118 e. The lowest BCUT2D eigenvalue weighted by Gasteiger charge is -2.16. The van der Waals surface area contributed by atoms with Crippen molar-refractivity contribution in [2.45, 2.75) is 0 Å². The highest BCUT2D eigenvalue weighted by Crippen LogP contribution is 2.40. The first-order valence-electron chi connectivity index (χ1n) is 10.3. The molecule has 0 saturated carbocycles. The predicted molar refractivity (Wildman–Crippen MR) is 127 cm³/mol. The Hall–Kier alpha value is -4.25. The molecule has 0 atom stereocenters. The summed E-state index contributed by atoms with van der Waals surface area (Å²) in [4.78, 5) is 5.18. The summed E-state index contributed by atoms with van der Waals surface area (Å²) in [5.74, 6) is 1.61. The Labute approximate surface area is 186 Å². The maximum absolute atomic E-state index is 5.36. The molecule has 32 heavy (non-hydrogen) atoms. The SMILES string of the molecule is COc1ccc(-c2nc(-c3ccccc3)c(-c3ccc(OC)cc3)c3cnncc23)cc1. The Morgan fingerprint density at radius 1 is 0.531 bits per heavy atom. The molecule has 0 amide bonds. The van der Waals surface area contributed by atoms with Crippen molar-refractivity contribution in [3.8, 4) is 45.1 Å². The molecule has 0 bridgehead atoms. The number of hydrogen-bond acceptors (Lipinski definition) is 5. The summed E-state index contributed by atoms with van der Waals surface area (Å²) in [6, 6.07) is 26.1. The summed E-state index contributed by atoms with van der Waals surface area (Å²) < 4.78 is 10.7. The fourth-order valence-corrected chi connectivity index (χ4v) is 3.89. The Morgan fingerprint density at radius 3 is 1.66 bits per heavy atom. The third kappa shape index (κ3) is 3.54. The van der Waals surface area contributed by atoms with Gasteiger partial charge in [-0.25, -0.2) is 4.98 Å². The fourth-order valence-electron chi connectivity index (χ4n) is 3.89. The normalized spacial score (nSPS) is 10.8. The van der Waals surface area contributed by atoms with E-state index in [1.807, 2.05) is 60.8 Å². The molecule has 5 aromatic rings. The topological polar surface area (TPSA) is 57.1 Å². The van der Waals surface area contributed by atoms with Crippen LogP contribution in [0.5, 0.6) is 11.5 Å². The molecule has 2 aromatic heterocycles. The molecule has 0 saturated heterocycles. The number of fused-ring (bicyclic) bond motifs is 1. The van der Waals surface area contributed by atoms with Crippen LogP contribution in [0.4, 0.5) is 0 Å². The van der Waals surface area contributed by atoms with Gasteiger partial charge in [0.25, 0.3) is 0 Å². The molecule has 0 aliphatic heterocycles. The molecular formula is C27H21N3O2. The zero-order chi connectivity index (χ0) is 21.9. The second kappa shape index (κ2) is 8.47. The second-order valence-corrected chi connectivity index (χ2v) is 7.32.